The molecule has 0 aliphatic carbocycles. The third kappa shape index (κ3) is 3.63. The van der Waals surface area contributed by atoms with Crippen molar-refractivity contribution in [2.45, 2.75) is 13.3 Å². The average Bonchev–Trinajstić information content (AvgIpc) is 3.16. The van der Waals surface area contributed by atoms with E-state index in [2.05, 4.69) is 28.2 Å². The largest absolute Gasteiger partial charge is 0.454 e. The van der Waals surface area contributed by atoms with Crippen LogP contribution in [-0.4, -0.2) is 5.91 Å². The number of hydrogen-bond acceptors (Lipinski definition) is 4. The molecule has 0 bridgehead atoms. The molecule has 2 heterocycles. The predicted molar refractivity (Wildman–Crippen MR) is 129 cm³/mol. The van der Waals surface area contributed by atoms with Crippen molar-refractivity contribution in [3.63, 3.8) is 0 Å². The first-order valence-corrected chi connectivity index (χ1v) is 11.0. The Bertz CT molecular complexity index is 1530. The zero-order valence-electron chi connectivity index (χ0n) is 17.1. The first-order chi connectivity index (χ1) is 15.5. The van der Waals surface area contributed by atoms with Crippen LogP contribution in [-0.2, 0) is 6.42 Å². The Balaban J connectivity index is 1.73. The zero-order chi connectivity index (χ0) is 22.2. The zero-order valence-corrected chi connectivity index (χ0v) is 18.7. The summed E-state index contributed by atoms with van der Waals surface area (Å²) in [7, 11) is 0. The summed E-state index contributed by atoms with van der Waals surface area (Å²) in [5, 5.41) is 4.50. The lowest BCUT2D eigenvalue weighted by Gasteiger charge is -2.09. The van der Waals surface area contributed by atoms with E-state index in [4.69, 9.17) is 8.83 Å². The van der Waals surface area contributed by atoms with Gasteiger partial charge in [0.15, 0.2) is 5.76 Å². The van der Waals surface area contributed by atoms with Gasteiger partial charge in [0.25, 0.3) is 5.91 Å². The minimum absolute atomic E-state index is 0.271. The Hall–Kier alpha value is -3.64. The Kier molecular flexibility index (Phi) is 5.15. The normalized spacial score (nSPS) is 11.2. The average molecular weight is 488 g/mol. The van der Waals surface area contributed by atoms with Gasteiger partial charge in [0.2, 0.25) is 0 Å². The van der Waals surface area contributed by atoms with E-state index in [9.17, 15) is 9.59 Å². The second kappa shape index (κ2) is 8.13. The summed E-state index contributed by atoms with van der Waals surface area (Å²) in [5.41, 5.74) is 3.30. The molecule has 0 radical (unpaired) electrons. The van der Waals surface area contributed by atoms with Crippen LogP contribution in [0.15, 0.2) is 90.9 Å². The fraction of sp³-hybridized carbons (Fsp3) is 0.0769. The Morgan fingerprint density at radius 3 is 2.44 bits per heavy atom. The molecule has 32 heavy (non-hydrogen) atoms. The highest BCUT2D eigenvalue weighted by molar-refractivity contribution is 9.10. The molecule has 6 heteroatoms. The number of nitrogens with one attached hydrogen (secondary N) is 1. The predicted octanol–water partition coefficient (Wildman–Crippen LogP) is 6.78. The topological polar surface area (TPSA) is 72.5 Å². The molecule has 5 aromatic rings. The summed E-state index contributed by atoms with van der Waals surface area (Å²) >= 11 is 3.39. The maximum Gasteiger partial charge on any atom is 0.336 e. The number of benzene rings is 3. The highest BCUT2D eigenvalue weighted by atomic mass is 79.9. The quantitative estimate of drug-likeness (QED) is 0.283. The monoisotopic (exact) mass is 487 g/mol. The van der Waals surface area contributed by atoms with E-state index in [0.717, 1.165) is 27.2 Å². The maximum atomic E-state index is 13.0. The number of anilines is 1. The number of para-hydroxylation sites is 1. The molecule has 0 aliphatic heterocycles. The van der Waals surface area contributed by atoms with Crippen LogP contribution in [0.1, 0.15) is 22.8 Å². The number of furan rings is 1. The highest BCUT2D eigenvalue weighted by Gasteiger charge is 2.21. The molecule has 5 nitrogen and oxygen atoms in total. The first-order valence-electron chi connectivity index (χ1n) is 10.2. The number of hydrogen-bond donors (Lipinski definition) is 1. The van der Waals surface area contributed by atoms with Crippen LogP contribution in [0.4, 0.5) is 5.69 Å². The van der Waals surface area contributed by atoms with Gasteiger partial charge in [-0.25, -0.2) is 4.79 Å². The van der Waals surface area contributed by atoms with Crippen LogP contribution in [0, 0.1) is 0 Å². The van der Waals surface area contributed by atoms with E-state index in [-0.39, 0.29) is 5.91 Å². The van der Waals surface area contributed by atoms with Gasteiger partial charge in [-0.1, -0.05) is 41.1 Å². The molecule has 0 fully saturated rings. The third-order valence-electron chi connectivity index (χ3n) is 5.40. The van der Waals surface area contributed by atoms with Crippen LogP contribution >= 0.6 is 15.9 Å². The molecule has 0 saturated carbocycles. The van der Waals surface area contributed by atoms with Gasteiger partial charge in [-0.2, -0.15) is 0 Å². The molecule has 1 N–H and O–H groups in total. The molecule has 0 saturated heterocycles. The van der Waals surface area contributed by atoms with Crippen molar-refractivity contribution in [2.75, 3.05) is 5.32 Å². The van der Waals surface area contributed by atoms with Crippen molar-refractivity contribution in [3.05, 3.63) is 98.8 Å². The van der Waals surface area contributed by atoms with Crippen LogP contribution in [0.3, 0.4) is 0 Å². The van der Waals surface area contributed by atoms with E-state index in [1.807, 2.05) is 48.5 Å². The lowest BCUT2D eigenvalue weighted by molar-refractivity contribution is 0.102. The molecule has 3 aromatic carbocycles. The fourth-order valence-electron chi connectivity index (χ4n) is 3.76. The van der Waals surface area contributed by atoms with Gasteiger partial charge in [-0.05, 0) is 60.5 Å². The minimum atomic E-state index is -0.484. The van der Waals surface area contributed by atoms with Gasteiger partial charge in [0.05, 0.1) is 5.69 Å². The Morgan fingerprint density at radius 2 is 1.66 bits per heavy atom. The number of halogens is 1. The molecule has 2 aromatic heterocycles. The molecule has 158 valence electrons. The van der Waals surface area contributed by atoms with E-state index in [1.165, 1.54) is 6.07 Å². The van der Waals surface area contributed by atoms with Gasteiger partial charge in [0, 0.05) is 32.4 Å². The number of fused-ring (bicyclic) bond motifs is 2. The van der Waals surface area contributed by atoms with Gasteiger partial charge in [-0.3, -0.25) is 4.79 Å². The lowest BCUT2D eigenvalue weighted by Crippen LogP contribution is -2.12. The van der Waals surface area contributed by atoms with Crippen LogP contribution in [0.25, 0.3) is 33.3 Å². The number of aryl methyl sites for hydroxylation is 1. The Morgan fingerprint density at radius 1 is 0.906 bits per heavy atom. The Labute approximate surface area is 191 Å². The van der Waals surface area contributed by atoms with Crippen molar-refractivity contribution in [1.29, 1.82) is 0 Å². The highest BCUT2D eigenvalue weighted by Crippen LogP contribution is 2.40. The smallest absolute Gasteiger partial charge is 0.336 e. The van der Waals surface area contributed by atoms with Gasteiger partial charge < -0.3 is 14.2 Å². The molecule has 0 unspecified atom stereocenters. The second-order valence-corrected chi connectivity index (χ2v) is 8.34. The molecule has 5 rings (SSSR count). The lowest BCUT2D eigenvalue weighted by atomic mass is 10.0. The summed E-state index contributed by atoms with van der Waals surface area (Å²) in [6.45, 7) is 2.06. The number of amides is 1. The molecule has 0 spiro atoms. The van der Waals surface area contributed by atoms with Crippen molar-refractivity contribution < 1.29 is 13.6 Å². The van der Waals surface area contributed by atoms with E-state index in [1.54, 1.807) is 18.2 Å². The standard InChI is InChI=1S/C26H18BrNO4/c1-2-15-7-12-22-19(13-15)20(14-23(29)31-22)25-24(18-5-3-4-6-21(18)32-25)28-26(30)16-8-10-17(27)11-9-16/h3-14H,2H2,1H3,(H,28,30). The third-order valence-corrected chi connectivity index (χ3v) is 5.93. The molecule has 1 amide bonds. The van der Waals surface area contributed by atoms with Crippen molar-refractivity contribution in [3.8, 4) is 11.3 Å². The molecule has 0 aliphatic rings. The van der Waals surface area contributed by atoms with Gasteiger partial charge in [-0.15, -0.1) is 0 Å². The summed E-state index contributed by atoms with van der Waals surface area (Å²) in [6.07, 6.45) is 0.835. The van der Waals surface area contributed by atoms with E-state index >= 15 is 0 Å². The SMILES string of the molecule is CCc1ccc2oc(=O)cc(-c3oc4ccccc4c3NC(=O)c3ccc(Br)cc3)c2c1. The van der Waals surface area contributed by atoms with Gasteiger partial charge in [0.1, 0.15) is 11.2 Å². The van der Waals surface area contributed by atoms with E-state index < -0.39 is 5.63 Å². The van der Waals surface area contributed by atoms with Crippen molar-refractivity contribution in [1.82, 2.24) is 0 Å². The van der Waals surface area contributed by atoms with E-state index in [0.29, 0.717) is 33.7 Å². The van der Waals surface area contributed by atoms with Crippen LogP contribution < -0.4 is 10.9 Å². The number of rotatable bonds is 4. The first kappa shape index (κ1) is 20.3. The van der Waals surface area contributed by atoms with Crippen molar-refractivity contribution >= 4 is 49.5 Å². The summed E-state index contributed by atoms with van der Waals surface area (Å²) in [4.78, 5) is 25.4. The fourth-order valence-corrected chi connectivity index (χ4v) is 4.03. The minimum Gasteiger partial charge on any atom is -0.454 e. The van der Waals surface area contributed by atoms with Gasteiger partial charge >= 0.3 is 5.63 Å². The number of carbonyl (C=O) groups excluding carboxylic acids is 1. The number of carbonyl (C=O) groups is 1. The summed E-state index contributed by atoms with van der Waals surface area (Å²) in [5.74, 6) is 0.148. The summed E-state index contributed by atoms with van der Waals surface area (Å²) < 4.78 is 12.5. The maximum absolute atomic E-state index is 13.0. The van der Waals surface area contributed by atoms with Crippen molar-refractivity contribution in [2.24, 2.45) is 0 Å². The van der Waals surface area contributed by atoms with Crippen LogP contribution in [0.2, 0.25) is 0 Å². The molecular weight excluding hydrogens is 470 g/mol. The molecule has 0 atom stereocenters. The second-order valence-electron chi connectivity index (χ2n) is 7.43. The van der Waals surface area contributed by atoms with Crippen LogP contribution in [0.5, 0.6) is 0 Å². The molecular formula is C26H18BrNO4. The summed E-state index contributed by atoms with van der Waals surface area (Å²) in [6, 6.07) is 21.7.